The molecule has 1 saturated heterocycles. The van der Waals surface area contributed by atoms with Crippen LogP contribution in [0.25, 0.3) is 0 Å². The average molecular weight is 142 g/mol. The first-order valence-corrected chi connectivity index (χ1v) is 3.50. The van der Waals surface area contributed by atoms with Gasteiger partial charge in [-0.1, -0.05) is 13.8 Å². The topological polar surface area (TPSA) is 46.3 Å². The third-order valence-electron chi connectivity index (χ3n) is 1.68. The lowest BCUT2D eigenvalue weighted by Crippen LogP contribution is -2.55. The van der Waals surface area contributed by atoms with Crippen molar-refractivity contribution in [2.75, 3.05) is 19.6 Å². The summed E-state index contributed by atoms with van der Waals surface area (Å²) in [5.74, 6) is -0.226. The number of hydrogen-bond donors (Lipinski definition) is 1. The molecule has 0 bridgehead atoms. The quantitative estimate of drug-likeness (QED) is 0.581. The largest absolute Gasteiger partial charge is 0.369 e. The molecule has 1 rings (SSSR count). The van der Waals surface area contributed by atoms with Gasteiger partial charge in [0.25, 0.3) is 0 Å². The Morgan fingerprint density at radius 1 is 1.60 bits per heavy atom. The molecule has 0 unspecified atom stereocenters. The summed E-state index contributed by atoms with van der Waals surface area (Å²) in [6.45, 7) is 6.78. The minimum absolute atomic E-state index is 0.226. The van der Waals surface area contributed by atoms with Crippen LogP contribution in [0, 0.1) is 5.41 Å². The van der Waals surface area contributed by atoms with Crippen molar-refractivity contribution in [3.63, 3.8) is 0 Å². The molecular formula is C7H14N2O. The number of carbonyl (C=O) groups excluding carboxylic acids is 1. The van der Waals surface area contributed by atoms with Gasteiger partial charge in [-0.15, -0.1) is 0 Å². The summed E-state index contributed by atoms with van der Waals surface area (Å²) in [6.07, 6.45) is 0. The SMILES string of the molecule is CC1(C)CN(CC(N)=O)C1. The van der Waals surface area contributed by atoms with Crippen LogP contribution in [0.1, 0.15) is 13.8 Å². The summed E-state index contributed by atoms with van der Waals surface area (Å²) in [4.78, 5) is 12.5. The molecule has 0 aromatic carbocycles. The summed E-state index contributed by atoms with van der Waals surface area (Å²) in [5, 5.41) is 0. The van der Waals surface area contributed by atoms with E-state index in [4.69, 9.17) is 5.73 Å². The van der Waals surface area contributed by atoms with Gasteiger partial charge in [0.05, 0.1) is 6.54 Å². The number of nitrogens with two attached hydrogens (primary N) is 1. The summed E-state index contributed by atoms with van der Waals surface area (Å²) >= 11 is 0. The van der Waals surface area contributed by atoms with E-state index in [1.54, 1.807) is 0 Å². The van der Waals surface area contributed by atoms with E-state index in [1.807, 2.05) is 0 Å². The average Bonchev–Trinajstić information content (AvgIpc) is 1.57. The predicted molar refractivity (Wildman–Crippen MR) is 39.4 cm³/mol. The molecule has 3 heteroatoms. The van der Waals surface area contributed by atoms with Crippen LogP contribution in [0.2, 0.25) is 0 Å². The molecule has 1 aliphatic heterocycles. The predicted octanol–water partition coefficient (Wildman–Crippen LogP) is -0.187. The van der Waals surface area contributed by atoms with Crippen molar-refractivity contribution in [1.29, 1.82) is 0 Å². The summed E-state index contributed by atoms with van der Waals surface area (Å²) in [7, 11) is 0. The Labute approximate surface area is 61.2 Å². The van der Waals surface area contributed by atoms with Crippen molar-refractivity contribution in [3.8, 4) is 0 Å². The number of hydrogen-bond acceptors (Lipinski definition) is 2. The van der Waals surface area contributed by atoms with Crippen LogP contribution in [0.15, 0.2) is 0 Å². The number of carbonyl (C=O) groups is 1. The van der Waals surface area contributed by atoms with Crippen LogP contribution in [0.3, 0.4) is 0 Å². The van der Waals surface area contributed by atoms with Crippen molar-refractivity contribution < 1.29 is 4.79 Å². The Hall–Kier alpha value is -0.570. The van der Waals surface area contributed by atoms with Gasteiger partial charge < -0.3 is 5.73 Å². The first kappa shape index (κ1) is 7.54. The standard InChI is InChI=1S/C7H14N2O/c1-7(2)4-9(5-7)3-6(8)10/h3-5H2,1-2H3,(H2,8,10). The first-order chi connectivity index (χ1) is 4.49. The molecule has 0 atom stereocenters. The van der Waals surface area contributed by atoms with Crippen LogP contribution in [-0.4, -0.2) is 30.4 Å². The zero-order valence-corrected chi connectivity index (χ0v) is 6.55. The molecule has 1 fully saturated rings. The summed E-state index contributed by atoms with van der Waals surface area (Å²) < 4.78 is 0. The van der Waals surface area contributed by atoms with E-state index < -0.39 is 0 Å². The normalized spacial score (nSPS) is 23.8. The van der Waals surface area contributed by atoms with Gasteiger partial charge in [-0.3, -0.25) is 9.69 Å². The molecular weight excluding hydrogens is 128 g/mol. The Balaban J connectivity index is 2.21. The highest BCUT2D eigenvalue weighted by molar-refractivity contribution is 5.76. The van der Waals surface area contributed by atoms with Gasteiger partial charge in [0, 0.05) is 13.1 Å². The van der Waals surface area contributed by atoms with Gasteiger partial charge in [0.1, 0.15) is 0 Å². The molecule has 0 saturated carbocycles. The highest BCUT2D eigenvalue weighted by Gasteiger charge is 2.34. The van der Waals surface area contributed by atoms with E-state index in [-0.39, 0.29) is 5.91 Å². The molecule has 0 aromatic rings. The molecule has 0 radical (unpaired) electrons. The Kier molecular flexibility index (Phi) is 1.68. The van der Waals surface area contributed by atoms with Gasteiger partial charge in [-0.25, -0.2) is 0 Å². The molecule has 3 nitrogen and oxygen atoms in total. The van der Waals surface area contributed by atoms with Crippen molar-refractivity contribution >= 4 is 5.91 Å². The fourth-order valence-corrected chi connectivity index (χ4v) is 1.50. The number of nitrogens with zero attached hydrogens (tertiary/aromatic N) is 1. The molecule has 10 heavy (non-hydrogen) atoms. The molecule has 58 valence electrons. The van der Waals surface area contributed by atoms with Gasteiger partial charge >= 0.3 is 0 Å². The monoisotopic (exact) mass is 142 g/mol. The summed E-state index contributed by atoms with van der Waals surface area (Å²) in [5.41, 5.74) is 5.41. The molecule has 0 aliphatic carbocycles. The zero-order chi connectivity index (χ0) is 7.78. The van der Waals surface area contributed by atoms with Crippen LogP contribution in [0.4, 0.5) is 0 Å². The molecule has 0 aromatic heterocycles. The maximum absolute atomic E-state index is 10.4. The minimum Gasteiger partial charge on any atom is -0.369 e. The first-order valence-electron chi connectivity index (χ1n) is 3.50. The number of amides is 1. The van der Waals surface area contributed by atoms with E-state index >= 15 is 0 Å². The maximum atomic E-state index is 10.4. The molecule has 1 heterocycles. The maximum Gasteiger partial charge on any atom is 0.231 e. The van der Waals surface area contributed by atoms with Gasteiger partial charge in [-0.2, -0.15) is 0 Å². The van der Waals surface area contributed by atoms with Crippen LogP contribution in [0.5, 0.6) is 0 Å². The zero-order valence-electron chi connectivity index (χ0n) is 6.55. The van der Waals surface area contributed by atoms with Crippen LogP contribution in [-0.2, 0) is 4.79 Å². The fourth-order valence-electron chi connectivity index (χ4n) is 1.50. The van der Waals surface area contributed by atoms with Gasteiger partial charge in [0.2, 0.25) is 5.91 Å². The van der Waals surface area contributed by atoms with Crippen LogP contribution >= 0.6 is 0 Å². The fraction of sp³-hybridized carbons (Fsp3) is 0.857. The third kappa shape index (κ3) is 1.70. The van der Waals surface area contributed by atoms with Crippen molar-refractivity contribution in [1.82, 2.24) is 4.90 Å². The van der Waals surface area contributed by atoms with Crippen molar-refractivity contribution in [2.24, 2.45) is 11.1 Å². The molecule has 1 aliphatic rings. The smallest absolute Gasteiger partial charge is 0.231 e. The van der Waals surface area contributed by atoms with E-state index in [2.05, 4.69) is 18.7 Å². The molecule has 2 N–H and O–H groups in total. The minimum atomic E-state index is -0.226. The summed E-state index contributed by atoms with van der Waals surface area (Å²) in [6, 6.07) is 0. The second kappa shape index (κ2) is 2.23. The Morgan fingerprint density at radius 2 is 2.10 bits per heavy atom. The lowest BCUT2D eigenvalue weighted by Gasteiger charge is -2.45. The Bertz CT molecular complexity index is 146. The van der Waals surface area contributed by atoms with Crippen molar-refractivity contribution in [2.45, 2.75) is 13.8 Å². The van der Waals surface area contributed by atoms with E-state index in [1.165, 1.54) is 0 Å². The number of primary amides is 1. The highest BCUT2D eigenvalue weighted by atomic mass is 16.1. The molecule has 1 amide bonds. The number of rotatable bonds is 2. The van der Waals surface area contributed by atoms with Crippen LogP contribution < -0.4 is 5.73 Å². The van der Waals surface area contributed by atoms with E-state index in [0.717, 1.165) is 13.1 Å². The second-order valence-electron chi connectivity index (χ2n) is 3.78. The highest BCUT2D eigenvalue weighted by Crippen LogP contribution is 2.27. The number of likely N-dealkylation sites (tertiary alicyclic amines) is 1. The van der Waals surface area contributed by atoms with Gasteiger partial charge in [0.15, 0.2) is 0 Å². The third-order valence-corrected chi connectivity index (χ3v) is 1.68. The second-order valence-corrected chi connectivity index (χ2v) is 3.78. The lowest BCUT2D eigenvalue weighted by atomic mass is 9.84. The Morgan fingerprint density at radius 3 is 2.40 bits per heavy atom. The lowest BCUT2D eigenvalue weighted by molar-refractivity contribution is -0.121. The van der Waals surface area contributed by atoms with E-state index in [9.17, 15) is 4.79 Å². The van der Waals surface area contributed by atoms with Crippen molar-refractivity contribution in [3.05, 3.63) is 0 Å². The molecule has 0 spiro atoms. The van der Waals surface area contributed by atoms with Gasteiger partial charge in [-0.05, 0) is 5.41 Å². The van der Waals surface area contributed by atoms with E-state index in [0.29, 0.717) is 12.0 Å².